The van der Waals surface area contributed by atoms with Crippen LogP contribution in [0.2, 0.25) is 0 Å². The fourth-order valence-electron chi connectivity index (χ4n) is 3.22. The van der Waals surface area contributed by atoms with Crippen molar-refractivity contribution in [1.82, 2.24) is 4.31 Å². The van der Waals surface area contributed by atoms with Crippen LogP contribution in [0.25, 0.3) is 0 Å². The van der Waals surface area contributed by atoms with E-state index in [0.29, 0.717) is 13.2 Å². The molecule has 0 bridgehead atoms. The van der Waals surface area contributed by atoms with Crippen LogP contribution < -0.4 is 5.73 Å². The summed E-state index contributed by atoms with van der Waals surface area (Å²) in [6.45, 7) is 0.662. The quantitative estimate of drug-likeness (QED) is 0.844. The molecule has 7 heteroatoms. The van der Waals surface area contributed by atoms with Crippen LogP contribution in [-0.4, -0.2) is 38.0 Å². The summed E-state index contributed by atoms with van der Waals surface area (Å²) in [5.41, 5.74) is 5.83. The van der Waals surface area contributed by atoms with Gasteiger partial charge >= 0.3 is 0 Å². The van der Waals surface area contributed by atoms with Gasteiger partial charge in [-0.2, -0.15) is 4.31 Å². The predicted octanol–water partition coefficient (Wildman–Crippen LogP) is 1.74. The molecule has 0 spiro atoms. The molecule has 1 saturated heterocycles. The van der Waals surface area contributed by atoms with E-state index in [0.717, 1.165) is 37.8 Å². The second-order valence-electron chi connectivity index (χ2n) is 5.56. The Hall–Kier alpha value is -1.18. The number of ether oxygens (including phenoxy) is 1. The van der Waals surface area contributed by atoms with Crippen molar-refractivity contribution in [3.05, 3.63) is 24.0 Å². The first-order chi connectivity index (χ1) is 10.00. The number of morpholine rings is 1. The Morgan fingerprint density at radius 3 is 2.86 bits per heavy atom. The maximum Gasteiger partial charge on any atom is 0.245 e. The number of fused-ring (bicyclic) bond motifs is 1. The third-order valence-electron chi connectivity index (χ3n) is 4.24. The molecule has 3 rings (SSSR count). The molecule has 2 atom stereocenters. The highest BCUT2D eigenvalue weighted by molar-refractivity contribution is 7.89. The van der Waals surface area contributed by atoms with Crippen LogP contribution in [0.3, 0.4) is 0 Å². The van der Waals surface area contributed by atoms with Gasteiger partial charge < -0.3 is 10.5 Å². The van der Waals surface area contributed by atoms with Gasteiger partial charge in [0.2, 0.25) is 10.0 Å². The Labute approximate surface area is 123 Å². The first-order valence-electron chi connectivity index (χ1n) is 7.18. The van der Waals surface area contributed by atoms with Gasteiger partial charge in [-0.05, 0) is 31.0 Å². The predicted molar refractivity (Wildman–Crippen MR) is 76.7 cm³/mol. The fourth-order valence-corrected chi connectivity index (χ4v) is 5.01. The maximum absolute atomic E-state index is 13.4. The summed E-state index contributed by atoms with van der Waals surface area (Å²) < 4.78 is 46.2. The van der Waals surface area contributed by atoms with Gasteiger partial charge in [0.1, 0.15) is 10.7 Å². The van der Waals surface area contributed by atoms with Gasteiger partial charge in [0.05, 0.1) is 24.4 Å². The normalized spacial score (nSPS) is 27.3. The van der Waals surface area contributed by atoms with Crippen LogP contribution in [0.4, 0.5) is 10.1 Å². The molecule has 2 fully saturated rings. The van der Waals surface area contributed by atoms with Gasteiger partial charge in [-0.1, -0.05) is 12.8 Å². The first-order valence-corrected chi connectivity index (χ1v) is 8.62. The molecule has 1 saturated carbocycles. The summed E-state index contributed by atoms with van der Waals surface area (Å²) in [5.74, 6) is -0.601. The third-order valence-corrected chi connectivity index (χ3v) is 6.22. The minimum Gasteiger partial charge on any atom is -0.398 e. The van der Waals surface area contributed by atoms with Gasteiger partial charge in [-0.15, -0.1) is 0 Å². The molecule has 116 valence electrons. The lowest BCUT2D eigenvalue weighted by Gasteiger charge is -2.42. The SMILES string of the molecule is Nc1ccc(F)cc1S(=O)(=O)N1CCOC2CCCCC21. The molecule has 1 aromatic rings. The van der Waals surface area contributed by atoms with Crippen molar-refractivity contribution >= 4 is 15.7 Å². The van der Waals surface area contributed by atoms with E-state index < -0.39 is 15.8 Å². The Balaban J connectivity index is 1.98. The second-order valence-corrected chi connectivity index (χ2v) is 7.42. The molecule has 21 heavy (non-hydrogen) atoms. The number of sulfonamides is 1. The standard InChI is InChI=1S/C14H19FN2O3S/c15-10-5-6-11(16)14(9-10)21(18,19)17-7-8-20-13-4-2-1-3-12(13)17/h5-6,9,12-13H,1-4,7-8,16H2. The maximum atomic E-state index is 13.4. The van der Waals surface area contributed by atoms with Crippen molar-refractivity contribution in [1.29, 1.82) is 0 Å². The van der Waals surface area contributed by atoms with Gasteiger partial charge in [0.15, 0.2) is 0 Å². The highest BCUT2D eigenvalue weighted by Crippen LogP contribution is 2.33. The number of halogens is 1. The smallest absolute Gasteiger partial charge is 0.245 e. The average Bonchev–Trinajstić information content (AvgIpc) is 2.49. The van der Waals surface area contributed by atoms with Crippen LogP contribution in [0.1, 0.15) is 25.7 Å². The molecule has 1 aromatic carbocycles. The molecule has 1 aliphatic heterocycles. The molecule has 5 nitrogen and oxygen atoms in total. The van der Waals surface area contributed by atoms with E-state index in [1.165, 1.54) is 10.4 Å². The van der Waals surface area contributed by atoms with E-state index >= 15 is 0 Å². The van der Waals surface area contributed by atoms with Crippen molar-refractivity contribution in [3.8, 4) is 0 Å². The molecule has 1 aliphatic carbocycles. The number of hydrogen-bond acceptors (Lipinski definition) is 4. The molecule has 0 aromatic heterocycles. The monoisotopic (exact) mass is 314 g/mol. The number of nitrogen functional groups attached to an aromatic ring is 1. The van der Waals surface area contributed by atoms with Crippen LogP contribution in [-0.2, 0) is 14.8 Å². The van der Waals surface area contributed by atoms with E-state index in [-0.39, 0.29) is 22.7 Å². The summed E-state index contributed by atoms with van der Waals surface area (Å²) in [4.78, 5) is -0.145. The van der Waals surface area contributed by atoms with E-state index in [1.807, 2.05) is 0 Å². The number of rotatable bonds is 2. The van der Waals surface area contributed by atoms with Gasteiger partial charge in [-0.3, -0.25) is 0 Å². The van der Waals surface area contributed by atoms with Crippen molar-refractivity contribution in [2.75, 3.05) is 18.9 Å². The number of benzene rings is 1. The number of hydrogen-bond donors (Lipinski definition) is 1. The number of nitrogens with zero attached hydrogens (tertiary/aromatic N) is 1. The Bertz CT molecular complexity index is 633. The lowest BCUT2D eigenvalue weighted by Crippen LogP contribution is -2.54. The van der Waals surface area contributed by atoms with Gasteiger partial charge in [-0.25, -0.2) is 12.8 Å². The van der Waals surface area contributed by atoms with Crippen molar-refractivity contribution in [2.45, 2.75) is 42.7 Å². The highest BCUT2D eigenvalue weighted by atomic mass is 32.2. The van der Waals surface area contributed by atoms with Gasteiger partial charge in [0, 0.05) is 6.54 Å². The zero-order valence-electron chi connectivity index (χ0n) is 11.7. The van der Waals surface area contributed by atoms with Crippen LogP contribution in [0, 0.1) is 5.82 Å². The zero-order chi connectivity index (χ0) is 15.0. The van der Waals surface area contributed by atoms with E-state index in [2.05, 4.69) is 0 Å². The Kier molecular flexibility index (Phi) is 3.90. The van der Waals surface area contributed by atoms with Crippen molar-refractivity contribution in [3.63, 3.8) is 0 Å². The number of nitrogens with two attached hydrogens (primary N) is 1. The summed E-state index contributed by atoms with van der Waals surface area (Å²) in [6, 6.07) is 3.29. The molecular weight excluding hydrogens is 295 g/mol. The summed E-state index contributed by atoms with van der Waals surface area (Å²) in [5, 5.41) is 0. The van der Waals surface area contributed by atoms with Gasteiger partial charge in [0.25, 0.3) is 0 Å². The topological polar surface area (TPSA) is 72.6 Å². The highest BCUT2D eigenvalue weighted by Gasteiger charge is 2.41. The Morgan fingerprint density at radius 2 is 2.05 bits per heavy atom. The lowest BCUT2D eigenvalue weighted by atomic mass is 9.91. The molecule has 2 unspecified atom stereocenters. The van der Waals surface area contributed by atoms with Crippen LogP contribution >= 0.6 is 0 Å². The molecular formula is C14H19FN2O3S. The van der Waals surface area contributed by atoms with Crippen molar-refractivity contribution < 1.29 is 17.5 Å². The van der Waals surface area contributed by atoms with Crippen molar-refractivity contribution in [2.24, 2.45) is 0 Å². The minimum absolute atomic E-state index is 0.0583. The number of anilines is 1. The fraction of sp³-hybridized carbons (Fsp3) is 0.571. The Morgan fingerprint density at radius 1 is 1.29 bits per heavy atom. The van der Waals surface area contributed by atoms with E-state index in [9.17, 15) is 12.8 Å². The molecule has 1 heterocycles. The average molecular weight is 314 g/mol. The molecule has 2 N–H and O–H groups in total. The van der Waals surface area contributed by atoms with E-state index in [1.54, 1.807) is 0 Å². The molecule has 0 radical (unpaired) electrons. The summed E-state index contributed by atoms with van der Waals surface area (Å²) in [7, 11) is -3.80. The second kappa shape index (κ2) is 5.55. The largest absolute Gasteiger partial charge is 0.398 e. The lowest BCUT2D eigenvalue weighted by molar-refractivity contribution is -0.0586. The third kappa shape index (κ3) is 2.65. The first kappa shape index (κ1) is 14.7. The molecule has 2 aliphatic rings. The van der Waals surface area contributed by atoms with E-state index in [4.69, 9.17) is 10.5 Å². The minimum atomic E-state index is -3.80. The summed E-state index contributed by atoms with van der Waals surface area (Å²) in [6.07, 6.45) is 3.62. The molecule has 0 amide bonds. The van der Waals surface area contributed by atoms with Crippen LogP contribution in [0.15, 0.2) is 23.1 Å². The van der Waals surface area contributed by atoms with Crippen LogP contribution in [0.5, 0.6) is 0 Å². The summed E-state index contributed by atoms with van der Waals surface area (Å²) >= 11 is 0. The zero-order valence-corrected chi connectivity index (χ0v) is 12.5.